The third-order valence-electron chi connectivity index (χ3n) is 4.41. The number of ether oxygens (including phenoxy) is 1. The summed E-state index contributed by atoms with van der Waals surface area (Å²) in [6, 6.07) is 7.63. The minimum Gasteiger partial charge on any atom is -0.379 e. The average Bonchev–Trinajstić information content (AvgIpc) is 3.10. The van der Waals surface area contributed by atoms with Crippen LogP contribution in [-0.4, -0.2) is 34.4 Å². The molecule has 0 saturated carbocycles. The second-order valence-electron chi connectivity index (χ2n) is 6.21. The number of nitrogens with one attached hydrogen (secondary N) is 1. The summed E-state index contributed by atoms with van der Waals surface area (Å²) >= 11 is 12.2. The van der Waals surface area contributed by atoms with Gasteiger partial charge in [-0.15, -0.1) is 0 Å². The van der Waals surface area contributed by atoms with Crippen molar-refractivity contribution in [2.45, 2.75) is 25.3 Å². The molecule has 0 radical (unpaired) electrons. The summed E-state index contributed by atoms with van der Waals surface area (Å²) in [5.74, 6) is -0.275. The Morgan fingerprint density at radius 3 is 2.62 bits per heavy atom. The zero-order chi connectivity index (χ0) is 17.3. The van der Waals surface area contributed by atoms with Crippen molar-refractivity contribution in [3.05, 3.63) is 51.3 Å². The van der Waals surface area contributed by atoms with Crippen molar-refractivity contribution in [3.63, 3.8) is 0 Å². The van der Waals surface area contributed by atoms with Gasteiger partial charge in [0.15, 0.2) is 5.69 Å². The number of carbonyl (C=O) groups excluding carboxylic acids is 1. The first-order valence-electron chi connectivity index (χ1n) is 7.74. The van der Waals surface area contributed by atoms with Gasteiger partial charge in [-0.25, -0.2) is 0 Å². The molecule has 2 heterocycles. The molecule has 0 aliphatic carbocycles. The monoisotopic (exact) mass is 367 g/mol. The van der Waals surface area contributed by atoms with Crippen LogP contribution in [-0.2, 0) is 18.2 Å². The number of aromatic nitrogens is 2. The highest BCUT2D eigenvalue weighted by molar-refractivity contribution is 6.34. The van der Waals surface area contributed by atoms with E-state index in [0.29, 0.717) is 29.7 Å². The molecule has 3 rings (SSSR count). The Morgan fingerprint density at radius 2 is 2.08 bits per heavy atom. The van der Waals surface area contributed by atoms with E-state index in [0.717, 1.165) is 17.7 Å². The van der Waals surface area contributed by atoms with Crippen LogP contribution in [0.1, 0.15) is 28.2 Å². The van der Waals surface area contributed by atoms with Crippen LogP contribution >= 0.6 is 23.2 Å². The van der Waals surface area contributed by atoms with E-state index < -0.39 is 5.54 Å². The molecule has 7 heteroatoms. The van der Waals surface area contributed by atoms with Crippen LogP contribution in [0.15, 0.2) is 24.3 Å². The van der Waals surface area contributed by atoms with Gasteiger partial charge in [-0.3, -0.25) is 9.48 Å². The summed E-state index contributed by atoms with van der Waals surface area (Å²) < 4.78 is 7.16. The van der Waals surface area contributed by atoms with Gasteiger partial charge in [-0.1, -0.05) is 35.3 Å². The normalized spacial score (nSPS) is 20.3. The fourth-order valence-electron chi connectivity index (χ4n) is 2.91. The second-order valence-corrected chi connectivity index (χ2v) is 7.03. The Bertz CT molecular complexity index is 750. The molecule has 128 valence electrons. The molecular weight excluding hydrogens is 349 g/mol. The molecule has 5 nitrogen and oxygen atoms in total. The number of aryl methyl sites for hydroxylation is 1. The van der Waals surface area contributed by atoms with E-state index >= 15 is 0 Å². The van der Waals surface area contributed by atoms with Gasteiger partial charge in [0.05, 0.1) is 22.9 Å². The van der Waals surface area contributed by atoms with Crippen molar-refractivity contribution in [1.29, 1.82) is 0 Å². The van der Waals surface area contributed by atoms with Crippen molar-refractivity contribution in [1.82, 2.24) is 15.1 Å². The Hall–Kier alpha value is -1.56. The van der Waals surface area contributed by atoms with Gasteiger partial charge in [0.2, 0.25) is 0 Å². The average molecular weight is 368 g/mol. The van der Waals surface area contributed by atoms with Crippen molar-refractivity contribution in [2.75, 3.05) is 13.2 Å². The predicted molar refractivity (Wildman–Crippen MR) is 93.7 cm³/mol. The molecule has 1 N–H and O–H groups in total. The molecule has 1 aliphatic heterocycles. The smallest absolute Gasteiger partial charge is 0.273 e. The molecular formula is C17H19Cl2N3O2. The van der Waals surface area contributed by atoms with Crippen LogP contribution in [0.5, 0.6) is 0 Å². The topological polar surface area (TPSA) is 56.1 Å². The molecule has 2 aromatic rings. The number of rotatable bonds is 4. The fourth-order valence-corrected chi connectivity index (χ4v) is 3.28. The van der Waals surface area contributed by atoms with Crippen LogP contribution in [0.25, 0.3) is 0 Å². The first-order valence-corrected chi connectivity index (χ1v) is 8.50. The lowest BCUT2D eigenvalue weighted by Crippen LogP contribution is -2.51. The van der Waals surface area contributed by atoms with Crippen LogP contribution < -0.4 is 5.32 Å². The summed E-state index contributed by atoms with van der Waals surface area (Å²) in [4.78, 5) is 12.7. The summed E-state index contributed by atoms with van der Waals surface area (Å²) in [5.41, 5.74) is 1.64. The largest absolute Gasteiger partial charge is 0.379 e. The zero-order valence-corrected chi connectivity index (χ0v) is 15.1. The van der Waals surface area contributed by atoms with E-state index in [2.05, 4.69) is 10.4 Å². The molecule has 1 atom stereocenters. The molecule has 1 fully saturated rings. The van der Waals surface area contributed by atoms with Gasteiger partial charge in [0, 0.05) is 18.7 Å². The number of carbonyl (C=O) groups is 1. The predicted octanol–water partition coefficient (Wildman–Crippen LogP) is 3.17. The molecule has 1 amide bonds. The Kier molecular flexibility index (Phi) is 4.85. The summed E-state index contributed by atoms with van der Waals surface area (Å²) in [6.07, 6.45) is 1.41. The minimum atomic E-state index is -0.459. The van der Waals surface area contributed by atoms with Crippen LogP contribution in [0.3, 0.4) is 0 Å². The van der Waals surface area contributed by atoms with Gasteiger partial charge >= 0.3 is 0 Å². The Morgan fingerprint density at radius 1 is 1.38 bits per heavy atom. The summed E-state index contributed by atoms with van der Waals surface area (Å²) in [7, 11) is 1.76. The van der Waals surface area contributed by atoms with Crippen molar-refractivity contribution in [2.24, 2.45) is 7.05 Å². The zero-order valence-electron chi connectivity index (χ0n) is 13.6. The number of amides is 1. The Balaban J connectivity index is 1.81. The maximum Gasteiger partial charge on any atom is 0.273 e. The van der Waals surface area contributed by atoms with Crippen LogP contribution in [0.4, 0.5) is 0 Å². The van der Waals surface area contributed by atoms with Crippen molar-refractivity contribution in [3.8, 4) is 0 Å². The molecule has 1 aliphatic rings. The van der Waals surface area contributed by atoms with E-state index in [4.69, 9.17) is 27.9 Å². The molecule has 1 aromatic heterocycles. The fraction of sp³-hybridized carbons (Fsp3) is 0.412. The van der Waals surface area contributed by atoms with E-state index in [9.17, 15) is 4.79 Å². The summed E-state index contributed by atoms with van der Waals surface area (Å²) in [6.45, 7) is 2.90. The lowest BCUT2D eigenvalue weighted by atomic mass is 9.89. The highest BCUT2D eigenvalue weighted by Gasteiger charge is 2.37. The molecule has 0 bridgehead atoms. The molecule has 1 saturated heterocycles. The lowest BCUT2D eigenvalue weighted by Gasteiger charge is -2.28. The number of benzene rings is 1. The SMILES string of the molecule is Cc1c(Cl)c(C(=O)N[C@@]2(Cc3ccc(Cl)cc3)CCOC2)nn1C. The second kappa shape index (κ2) is 6.75. The molecule has 24 heavy (non-hydrogen) atoms. The highest BCUT2D eigenvalue weighted by atomic mass is 35.5. The third kappa shape index (κ3) is 3.43. The van der Waals surface area contributed by atoms with Crippen LogP contribution in [0, 0.1) is 6.92 Å². The lowest BCUT2D eigenvalue weighted by molar-refractivity contribution is 0.0872. The van der Waals surface area contributed by atoms with Crippen LogP contribution in [0.2, 0.25) is 10.0 Å². The van der Waals surface area contributed by atoms with Gasteiger partial charge < -0.3 is 10.1 Å². The van der Waals surface area contributed by atoms with Gasteiger partial charge in [-0.2, -0.15) is 5.10 Å². The molecule has 0 unspecified atom stereocenters. The Labute approximate surface area is 150 Å². The first-order chi connectivity index (χ1) is 11.4. The van der Waals surface area contributed by atoms with E-state index in [1.54, 1.807) is 11.7 Å². The van der Waals surface area contributed by atoms with Gasteiger partial charge in [0.1, 0.15) is 0 Å². The number of hydrogen-bond donors (Lipinski definition) is 1. The molecule has 1 aromatic carbocycles. The number of halogens is 2. The maximum atomic E-state index is 12.7. The number of hydrogen-bond acceptors (Lipinski definition) is 3. The maximum absolute atomic E-state index is 12.7. The minimum absolute atomic E-state index is 0.249. The van der Waals surface area contributed by atoms with Gasteiger partial charge in [-0.05, 0) is 37.5 Å². The van der Waals surface area contributed by atoms with E-state index in [1.165, 1.54) is 0 Å². The molecule has 0 spiro atoms. The first kappa shape index (κ1) is 17.3. The van der Waals surface area contributed by atoms with Gasteiger partial charge in [0.25, 0.3) is 5.91 Å². The number of nitrogens with zero attached hydrogens (tertiary/aromatic N) is 2. The highest BCUT2D eigenvalue weighted by Crippen LogP contribution is 2.26. The van der Waals surface area contributed by atoms with E-state index in [1.807, 2.05) is 31.2 Å². The quantitative estimate of drug-likeness (QED) is 0.902. The third-order valence-corrected chi connectivity index (χ3v) is 5.12. The standard InChI is InChI=1S/C17H19Cl2N3O2/c1-11-14(19)15(21-22(11)2)16(23)20-17(7-8-24-10-17)9-12-3-5-13(18)6-4-12/h3-6H,7-10H2,1-2H3,(H,20,23)/t17-/m1/s1. The van der Waals surface area contributed by atoms with Crippen molar-refractivity contribution >= 4 is 29.1 Å². The van der Waals surface area contributed by atoms with E-state index in [-0.39, 0.29) is 11.6 Å². The van der Waals surface area contributed by atoms with Crippen molar-refractivity contribution < 1.29 is 9.53 Å². The summed E-state index contributed by atoms with van der Waals surface area (Å²) in [5, 5.41) is 8.39.